The summed E-state index contributed by atoms with van der Waals surface area (Å²) in [5.41, 5.74) is -4.35. The number of nitrogens with zero attached hydrogens (tertiary/aromatic N) is 6. The van der Waals surface area contributed by atoms with Crippen molar-refractivity contribution in [2.45, 2.75) is 5.66 Å². The Balaban J connectivity index is 6.38. The van der Waals surface area contributed by atoms with Crippen LogP contribution in [0, 0.1) is 20.2 Å². The van der Waals surface area contributed by atoms with Crippen LogP contribution < -0.4 is 0 Å². The van der Waals surface area contributed by atoms with Crippen LogP contribution in [0.4, 0.5) is 17.9 Å². The molecular formula is C3H4F4N6O8S2+2. The van der Waals surface area contributed by atoms with E-state index in [1.807, 2.05) is 0 Å². The van der Waals surface area contributed by atoms with Crippen molar-refractivity contribution in [3.05, 3.63) is 20.2 Å². The minimum atomic E-state index is -4.35. The zero-order chi connectivity index (χ0) is 18.5. The fraction of sp³-hybridized carbons (Fsp3) is 1.00. The zero-order valence-electron chi connectivity index (χ0n) is 10.2. The summed E-state index contributed by atoms with van der Waals surface area (Å²) in [4.78, 5) is 20.7. The highest BCUT2D eigenvalue weighted by Gasteiger charge is 2.63. The molecule has 0 aromatic carbocycles. The molecule has 0 N–H and O–H groups in total. The number of hydrogen-bond acceptors (Lipinski definition) is 10. The Labute approximate surface area is 124 Å². The lowest BCUT2D eigenvalue weighted by atomic mass is 10.2. The molecule has 0 fully saturated rings. The van der Waals surface area contributed by atoms with Gasteiger partial charge < -0.3 is 0 Å². The summed E-state index contributed by atoms with van der Waals surface area (Å²) in [5, 5.41) is 12.0. The summed E-state index contributed by atoms with van der Waals surface area (Å²) in [7, 11) is -7.85. The lowest BCUT2D eigenvalue weighted by molar-refractivity contribution is -1.10. The van der Waals surface area contributed by atoms with E-state index in [-0.39, 0.29) is 0 Å². The average Bonchev–Trinajstić information content (AvgIpc) is 2.36. The predicted molar refractivity (Wildman–Crippen MR) is 52.9 cm³/mol. The molecule has 23 heavy (non-hydrogen) atoms. The third kappa shape index (κ3) is 4.83. The van der Waals surface area contributed by atoms with Gasteiger partial charge in [0.2, 0.25) is 8.11 Å². The summed E-state index contributed by atoms with van der Waals surface area (Å²) >= 11 is 0. The van der Waals surface area contributed by atoms with Crippen LogP contribution in [0.5, 0.6) is 0 Å². The van der Waals surface area contributed by atoms with Gasteiger partial charge in [0.25, 0.3) is 13.1 Å². The SMILES string of the molecule is O=[N+]([O-])[N+](CC(C[N+]([N+](=O)[O-])=S(=O)=O)(N(F)F)N(F)F)=S(=O)=O. The van der Waals surface area contributed by atoms with Gasteiger partial charge in [-0.25, -0.2) is 0 Å². The molecule has 0 aliphatic rings. The van der Waals surface area contributed by atoms with Gasteiger partial charge in [0.15, 0.2) is 0 Å². The normalized spacial score (nSPS) is 11.4. The van der Waals surface area contributed by atoms with Crippen LogP contribution in [0.25, 0.3) is 0 Å². The van der Waals surface area contributed by atoms with Crippen molar-refractivity contribution in [3.8, 4) is 0 Å². The van der Waals surface area contributed by atoms with E-state index in [0.717, 1.165) is 0 Å². The number of rotatable bonds is 8. The van der Waals surface area contributed by atoms with E-state index in [9.17, 15) is 55.0 Å². The summed E-state index contributed by atoms with van der Waals surface area (Å²) < 4.78 is 90.9. The first kappa shape index (κ1) is 20.7. The lowest BCUT2D eigenvalue weighted by Crippen LogP contribution is -2.60. The van der Waals surface area contributed by atoms with Gasteiger partial charge in [0.1, 0.15) is 0 Å². The Kier molecular flexibility index (Phi) is 7.01. The highest BCUT2D eigenvalue weighted by molar-refractivity contribution is 7.59. The molecule has 0 spiro atoms. The molecule has 0 bridgehead atoms. The van der Waals surface area contributed by atoms with Gasteiger partial charge in [0, 0.05) is 0 Å². The number of halogens is 4. The highest BCUT2D eigenvalue weighted by Crippen LogP contribution is 2.25. The van der Waals surface area contributed by atoms with Crippen molar-refractivity contribution in [1.82, 2.24) is 10.7 Å². The first-order chi connectivity index (χ1) is 10.4. The molecule has 0 saturated heterocycles. The fourth-order valence-electron chi connectivity index (χ4n) is 1.08. The van der Waals surface area contributed by atoms with E-state index in [1.54, 1.807) is 0 Å². The largest absolute Gasteiger partial charge is 0.531 e. The second kappa shape index (κ2) is 7.80. The van der Waals surface area contributed by atoms with Crippen LogP contribution in [0.1, 0.15) is 0 Å². The van der Waals surface area contributed by atoms with Crippen molar-refractivity contribution in [3.63, 3.8) is 0 Å². The maximum absolute atomic E-state index is 12.8. The third-order valence-electron chi connectivity index (χ3n) is 2.11. The lowest BCUT2D eigenvalue weighted by Gasteiger charge is -2.22. The van der Waals surface area contributed by atoms with Gasteiger partial charge in [-0.3, -0.25) is 0 Å². The van der Waals surface area contributed by atoms with Gasteiger partial charge in [-0.2, -0.15) is 20.2 Å². The topological polar surface area (TPSA) is 167 Å². The molecular weight excluding hydrogens is 388 g/mol. The Morgan fingerprint density at radius 1 is 0.783 bits per heavy atom. The first-order valence-corrected chi connectivity index (χ1v) is 6.69. The van der Waals surface area contributed by atoms with Crippen LogP contribution >= 0.6 is 0 Å². The molecule has 20 heteroatoms. The Morgan fingerprint density at radius 3 is 1.17 bits per heavy atom. The summed E-state index contributed by atoms with van der Waals surface area (Å²) in [6.45, 7) is -4.70. The number of hydrazine groups is 2. The van der Waals surface area contributed by atoms with Crippen LogP contribution in [0.15, 0.2) is 0 Å². The monoisotopic (exact) mass is 392 g/mol. The summed E-state index contributed by atoms with van der Waals surface area (Å²) in [6.07, 6.45) is 0. The second-order valence-electron chi connectivity index (χ2n) is 3.38. The van der Waals surface area contributed by atoms with Crippen molar-refractivity contribution in [2.75, 3.05) is 13.1 Å². The average molecular weight is 392 g/mol. The minimum Gasteiger partial charge on any atom is -0.197 e. The van der Waals surface area contributed by atoms with Gasteiger partial charge in [-0.15, -0.1) is 16.8 Å². The molecule has 0 radical (unpaired) electrons. The Bertz CT molecular complexity index is 692. The van der Waals surface area contributed by atoms with Gasteiger partial charge in [-0.1, -0.05) is 17.9 Å². The molecule has 0 aliphatic carbocycles. The molecule has 132 valence electrons. The van der Waals surface area contributed by atoms with E-state index in [2.05, 4.69) is 0 Å². The molecule has 0 heterocycles. The Hall–Kier alpha value is -2.32. The summed E-state index contributed by atoms with van der Waals surface area (Å²) in [5.74, 6) is 0. The zero-order valence-corrected chi connectivity index (χ0v) is 11.8. The maximum Gasteiger partial charge on any atom is 0.531 e. The maximum atomic E-state index is 12.8. The fourth-order valence-corrected chi connectivity index (χ4v) is 1.93. The van der Waals surface area contributed by atoms with Crippen LogP contribution in [-0.2, 0) is 21.0 Å². The molecule has 0 aromatic heterocycles. The molecule has 14 nitrogen and oxygen atoms in total. The van der Waals surface area contributed by atoms with Crippen molar-refractivity contribution < 1.29 is 52.9 Å². The molecule has 0 amide bonds. The van der Waals surface area contributed by atoms with Crippen LogP contribution in [-0.4, -0.2) is 64.5 Å². The molecule has 0 atom stereocenters. The van der Waals surface area contributed by atoms with E-state index in [4.69, 9.17) is 0 Å². The predicted octanol–water partition coefficient (Wildman–Crippen LogP) is -1.64. The van der Waals surface area contributed by atoms with Crippen LogP contribution in [0.2, 0.25) is 0 Å². The molecule has 0 rings (SSSR count). The van der Waals surface area contributed by atoms with E-state index in [1.165, 1.54) is 0 Å². The van der Waals surface area contributed by atoms with E-state index >= 15 is 0 Å². The summed E-state index contributed by atoms with van der Waals surface area (Å²) in [6, 6.07) is 0. The Morgan fingerprint density at radius 2 is 1.04 bits per heavy atom. The van der Waals surface area contributed by atoms with Crippen molar-refractivity contribution in [2.24, 2.45) is 0 Å². The van der Waals surface area contributed by atoms with Crippen LogP contribution in [0.3, 0.4) is 0 Å². The third-order valence-corrected chi connectivity index (χ3v) is 3.33. The standard InChI is InChI=1S/C3H4F4N6O8S2/c4-10(5)3(11(6)7,1-8(12(14)15)22(18)19)2-9(13(16)17)23(20)21/h1-2H2/q+2. The second-order valence-corrected chi connectivity index (χ2v) is 5.09. The first-order valence-electron chi connectivity index (χ1n) is 4.63. The molecule has 0 aromatic rings. The molecule has 0 unspecified atom stereocenters. The van der Waals surface area contributed by atoms with E-state index < -0.39 is 68.6 Å². The van der Waals surface area contributed by atoms with Gasteiger partial charge >= 0.3 is 36.7 Å². The smallest absolute Gasteiger partial charge is 0.197 e. The van der Waals surface area contributed by atoms with E-state index in [0.29, 0.717) is 0 Å². The van der Waals surface area contributed by atoms with Gasteiger partial charge in [0.05, 0.1) is 10.7 Å². The molecule has 0 saturated carbocycles. The molecule has 0 aliphatic heterocycles. The van der Waals surface area contributed by atoms with Crippen molar-refractivity contribution in [1.29, 1.82) is 0 Å². The minimum absolute atomic E-state index is 1.13. The number of hydrogen-bond donors (Lipinski definition) is 0. The quantitative estimate of drug-likeness (QED) is 0.117. The van der Waals surface area contributed by atoms with Gasteiger partial charge in [-0.05, 0) is 0 Å². The number of nitro groups is 2. The van der Waals surface area contributed by atoms with Crippen molar-refractivity contribution >= 4 is 21.0 Å². The highest BCUT2D eigenvalue weighted by atomic mass is 32.2.